The molecule has 3 nitrogen and oxygen atoms in total. The zero-order valence-electron chi connectivity index (χ0n) is 6.77. The highest BCUT2D eigenvalue weighted by Gasteiger charge is 2.01. The molecule has 0 bridgehead atoms. The third kappa shape index (κ3) is 4.73. The number of rotatable bonds is 6. The molecule has 0 spiro atoms. The maximum atomic E-state index is 5.50. The van der Waals surface area contributed by atoms with Crippen LogP contribution in [0.5, 0.6) is 0 Å². The quantitative estimate of drug-likeness (QED) is 0.479. The Morgan fingerprint density at radius 3 is 2.50 bits per heavy atom. The van der Waals surface area contributed by atoms with Crippen molar-refractivity contribution in [2.45, 2.75) is 25.8 Å². The smallest absolute Gasteiger partial charge is 0.0190 e. The molecule has 62 valence electrons. The lowest BCUT2D eigenvalue weighted by Crippen LogP contribution is -2.38. The molecule has 0 saturated carbocycles. The van der Waals surface area contributed by atoms with Crippen molar-refractivity contribution in [1.82, 2.24) is 5.32 Å². The van der Waals surface area contributed by atoms with Crippen molar-refractivity contribution in [1.29, 1.82) is 0 Å². The molecule has 0 radical (unpaired) electrons. The van der Waals surface area contributed by atoms with Crippen LogP contribution in [0.2, 0.25) is 0 Å². The zero-order chi connectivity index (χ0) is 7.82. The Hall–Kier alpha value is -0.120. The molecule has 1 unspecified atom stereocenters. The van der Waals surface area contributed by atoms with E-state index in [-0.39, 0.29) is 0 Å². The summed E-state index contributed by atoms with van der Waals surface area (Å²) in [5.74, 6) is 0. The Morgan fingerprint density at radius 1 is 1.40 bits per heavy atom. The van der Waals surface area contributed by atoms with Gasteiger partial charge >= 0.3 is 0 Å². The van der Waals surface area contributed by atoms with Crippen LogP contribution < -0.4 is 16.8 Å². The molecule has 5 N–H and O–H groups in total. The molecule has 0 amide bonds. The summed E-state index contributed by atoms with van der Waals surface area (Å²) in [5, 5.41) is 3.27. The Balaban J connectivity index is 3.21. The second kappa shape index (κ2) is 6.99. The summed E-state index contributed by atoms with van der Waals surface area (Å²) < 4.78 is 0. The topological polar surface area (TPSA) is 64.1 Å². The SMILES string of the molecule is CCCC(CN)NCCN. The van der Waals surface area contributed by atoms with E-state index in [0.717, 1.165) is 13.0 Å². The van der Waals surface area contributed by atoms with Gasteiger partial charge in [0.25, 0.3) is 0 Å². The van der Waals surface area contributed by atoms with Crippen LogP contribution in [-0.4, -0.2) is 25.7 Å². The lowest BCUT2D eigenvalue weighted by molar-refractivity contribution is 0.489. The Kier molecular flexibility index (Phi) is 6.91. The lowest BCUT2D eigenvalue weighted by Gasteiger charge is -2.14. The van der Waals surface area contributed by atoms with Crippen LogP contribution in [0, 0.1) is 0 Å². The van der Waals surface area contributed by atoms with Gasteiger partial charge in [-0.05, 0) is 6.42 Å². The van der Waals surface area contributed by atoms with Crippen LogP contribution in [0.25, 0.3) is 0 Å². The summed E-state index contributed by atoms with van der Waals surface area (Å²) in [6.07, 6.45) is 2.33. The highest BCUT2D eigenvalue weighted by molar-refractivity contribution is 4.66. The van der Waals surface area contributed by atoms with E-state index in [4.69, 9.17) is 11.5 Å². The minimum atomic E-state index is 0.466. The fourth-order valence-corrected chi connectivity index (χ4v) is 0.939. The van der Waals surface area contributed by atoms with Crippen molar-refractivity contribution in [3.63, 3.8) is 0 Å². The largest absolute Gasteiger partial charge is 0.329 e. The van der Waals surface area contributed by atoms with Gasteiger partial charge in [0.05, 0.1) is 0 Å². The third-order valence-electron chi connectivity index (χ3n) is 1.50. The molecule has 0 aliphatic heterocycles. The molecule has 0 aliphatic rings. The van der Waals surface area contributed by atoms with Gasteiger partial charge in [-0.1, -0.05) is 13.3 Å². The number of nitrogens with one attached hydrogen (secondary N) is 1. The summed E-state index contributed by atoms with van der Waals surface area (Å²) in [6, 6.07) is 0.466. The van der Waals surface area contributed by atoms with Gasteiger partial charge in [-0.2, -0.15) is 0 Å². The van der Waals surface area contributed by atoms with Gasteiger partial charge in [-0.15, -0.1) is 0 Å². The highest BCUT2D eigenvalue weighted by atomic mass is 14.9. The van der Waals surface area contributed by atoms with E-state index in [9.17, 15) is 0 Å². The molecule has 0 heterocycles. The average molecular weight is 145 g/mol. The Labute approximate surface area is 63.2 Å². The monoisotopic (exact) mass is 145 g/mol. The molecule has 10 heavy (non-hydrogen) atoms. The summed E-state index contributed by atoms with van der Waals surface area (Å²) >= 11 is 0. The third-order valence-corrected chi connectivity index (χ3v) is 1.50. The van der Waals surface area contributed by atoms with E-state index in [1.165, 1.54) is 6.42 Å². The summed E-state index contributed by atoms with van der Waals surface area (Å²) in [4.78, 5) is 0. The standard InChI is InChI=1S/C7H19N3/c1-2-3-7(6-9)10-5-4-8/h7,10H,2-6,8-9H2,1H3. The molecule has 0 aliphatic carbocycles. The van der Waals surface area contributed by atoms with Gasteiger partial charge in [0.1, 0.15) is 0 Å². The molecule has 0 rings (SSSR count). The van der Waals surface area contributed by atoms with Crippen LogP contribution in [0.1, 0.15) is 19.8 Å². The highest BCUT2D eigenvalue weighted by Crippen LogP contribution is 1.92. The molecule has 0 aromatic carbocycles. The fraction of sp³-hybridized carbons (Fsp3) is 1.00. The predicted molar refractivity (Wildman–Crippen MR) is 44.8 cm³/mol. The van der Waals surface area contributed by atoms with E-state index in [1.807, 2.05) is 0 Å². The van der Waals surface area contributed by atoms with E-state index in [2.05, 4.69) is 12.2 Å². The van der Waals surface area contributed by atoms with E-state index < -0.39 is 0 Å². The minimum Gasteiger partial charge on any atom is -0.329 e. The van der Waals surface area contributed by atoms with Gasteiger partial charge < -0.3 is 16.8 Å². The van der Waals surface area contributed by atoms with E-state index >= 15 is 0 Å². The first-order valence-electron chi connectivity index (χ1n) is 3.98. The van der Waals surface area contributed by atoms with Crippen LogP contribution in [-0.2, 0) is 0 Å². The van der Waals surface area contributed by atoms with Crippen LogP contribution >= 0.6 is 0 Å². The lowest BCUT2D eigenvalue weighted by atomic mass is 10.2. The molecular weight excluding hydrogens is 126 g/mol. The second-order valence-corrected chi connectivity index (χ2v) is 2.46. The van der Waals surface area contributed by atoms with Gasteiger partial charge in [-0.25, -0.2) is 0 Å². The van der Waals surface area contributed by atoms with Crippen molar-refractivity contribution >= 4 is 0 Å². The van der Waals surface area contributed by atoms with E-state index in [0.29, 0.717) is 19.1 Å². The summed E-state index contributed by atoms with van der Waals surface area (Å²) in [5.41, 5.74) is 10.8. The number of nitrogens with two attached hydrogens (primary N) is 2. The first kappa shape index (κ1) is 9.88. The number of hydrogen-bond donors (Lipinski definition) is 3. The number of hydrogen-bond acceptors (Lipinski definition) is 3. The summed E-state index contributed by atoms with van der Waals surface area (Å²) in [7, 11) is 0. The second-order valence-electron chi connectivity index (χ2n) is 2.46. The van der Waals surface area contributed by atoms with Gasteiger partial charge in [-0.3, -0.25) is 0 Å². The molecule has 3 heteroatoms. The Morgan fingerprint density at radius 2 is 2.10 bits per heavy atom. The van der Waals surface area contributed by atoms with Crippen molar-refractivity contribution in [2.24, 2.45) is 11.5 Å². The molecule has 1 atom stereocenters. The van der Waals surface area contributed by atoms with Crippen molar-refractivity contribution in [3.8, 4) is 0 Å². The van der Waals surface area contributed by atoms with Crippen molar-refractivity contribution in [3.05, 3.63) is 0 Å². The minimum absolute atomic E-state index is 0.466. The van der Waals surface area contributed by atoms with Crippen LogP contribution in [0.4, 0.5) is 0 Å². The maximum absolute atomic E-state index is 5.50. The Bertz CT molecular complexity index is 65.9. The molecule has 0 aromatic rings. The van der Waals surface area contributed by atoms with Crippen molar-refractivity contribution < 1.29 is 0 Å². The first-order chi connectivity index (χ1) is 4.85. The van der Waals surface area contributed by atoms with Gasteiger partial charge in [0.15, 0.2) is 0 Å². The van der Waals surface area contributed by atoms with Crippen LogP contribution in [0.3, 0.4) is 0 Å². The first-order valence-corrected chi connectivity index (χ1v) is 3.98. The summed E-state index contributed by atoms with van der Waals surface area (Å²) in [6.45, 7) is 4.45. The molecule has 0 aromatic heterocycles. The van der Waals surface area contributed by atoms with Crippen molar-refractivity contribution in [2.75, 3.05) is 19.6 Å². The van der Waals surface area contributed by atoms with Gasteiger partial charge in [0.2, 0.25) is 0 Å². The molecule has 0 fully saturated rings. The predicted octanol–water partition coefficient (Wildman–Crippen LogP) is -0.338. The zero-order valence-corrected chi connectivity index (χ0v) is 6.77. The van der Waals surface area contributed by atoms with Gasteiger partial charge in [0, 0.05) is 25.7 Å². The normalized spacial score (nSPS) is 13.5. The average Bonchev–Trinajstić information content (AvgIpc) is 1.98. The van der Waals surface area contributed by atoms with E-state index in [1.54, 1.807) is 0 Å². The van der Waals surface area contributed by atoms with Crippen LogP contribution in [0.15, 0.2) is 0 Å². The molecule has 0 saturated heterocycles. The maximum Gasteiger partial charge on any atom is 0.0190 e. The molecular formula is C7H19N3. The fourth-order valence-electron chi connectivity index (χ4n) is 0.939.